The average Bonchev–Trinajstić information content (AvgIpc) is 3.47. The summed E-state index contributed by atoms with van der Waals surface area (Å²) in [5.41, 5.74) is 4.81. The summed E-state index contributed by atoms with van der Waals surface area (Å²) in [6.07, 6.45) is 2.77. The van der Waals surface area contributed by atoms with Gasteiger partial charge in [-0.2, -0.15) is 5.10 Å². The number of ether oxygens (including phenoxy) is 2. The number of rotatable bonds is 7. The van der Waals surface area contributed by atoms with Crippen LogP contribution in [0.15, 0.2) is 83.5 Å². The quantitative estimate of drug-likeness (QED) is 0.274. The molecule has 0 bridgehead atoms. The summed E-state index contributed by atoms with van der Waals surface area (Å²) in [7, 11) is 1.68. The van der Waals surface area contributed by atoms with Crippen LogP contribution in [-0.4, -0.2) is 41.0 Å². The lowest BCUT2D eigenvalue weighted by Gasteiger charge is -2.23. The Morgan fingerprint density at radius 3 is 2.43 bits per heavy atom. The fourth-order valence-corrected chi connectivity index (χ4v) is 4.71. The van der Waals surface area contributed by atoms with Crippen LogP contribution in [0.25, 0.3) is 16.9 Å². The minimum Gasteiger partial charge on any atom is -0.497 e. The maximum atomic E-state index is 13.7. The monoisotopic (exact) mass is 535 g/mol. The van der Waals surface area contributed by atoms with Gasteiger partial charge < -0.3 is 9.47 Å². The second-order valence-corrected chi connectivity index (χ2v) is 9.67. The van der Waals surface area contributed by atoms with Crippen molar-refractivity contribution in [2.45, 2.75) is 25.7 Å². The maximum absolute atomic E-state index is 13.7. The molecule has 0 unspecified atom stereocenters. The third-order valence-corrected chi connectivity index (χ3v) is 6.78. The van der Waals surface area contributed by atoms with E-state index in [0.717, 1.165) is 52.2 Å². The third kappa shape index (κ3) is 5.32. The lowest BCUT2D eigenvalue weighted by atomic mass is 10.1. The van der Waals surface area contributed by atoms with E-state index in [1.54, 1.807) is 19.2 Å². The third-order valence-electron chi connectivity index (χ3n) is 6.25. The lowest BCUT2D eigenvalue weighted by molar-refractivity contribution is 0.00521. The molecule has 2 heterocycles. The standard InChI is InChI=1S/C28H27BrFN3O2/c1-19-17-32(16-15-20-3-13-25(34-2)14-4-20)28(35-19)26-18-33(24-11-7-22(29)8-12-24)31-27(26)21-5-9-23(30)10-6-21/h3-14,18-19,28H,15-17H2,1-2H3/t19-,28-/m0/s1. The molecule has 0 spiro atoms. The molecular weight excluding hydrogens is 509 g/mol. The molecule has 0 amide bonds. The summed E-state index contributed by atoms with van der Waals surface area (Å²) in [5, 5.41) is 4.91. The first-order valence-corrected chi connectivity index (χ1v) is 12.4. The van der Waals surface area contributed by atoms with Gasteiger partial charge in [0.05, 0.1) is 24.6 Å². The highest BCUT2D eigenvalue weighted by molar-refractivity contribution is 9.10. The van der Waals surface area contributed by atoms with Gasteiger partial charge in [-0.25, -0.2) is 9.07 Å². The van der Waals surface area contributed by atoms with E-state index < -0.39 is 0 Å². The Labute approximate surface area is 213 Å². The van der Waals surface area contributed by atoms with Crippen LogP contribution < -0.4 is 4.74 Å². The van der Waals surface area contributed by atoms with Gasteiger partial charge in [0.2, 0.25) is 0 Å². The van der Waals surface area contributed by atoms with E-state index in [1.807, 2.05) is 47.3 Å². The van der Waals surface area contributed by atoms with E-state index in [-0.39, 0.29) is 18.1 Å². The predicted molar refractivity (Wildman–Crippen MR) is 138 cm³/mol. The molecular formula is C28H27BrFN3O2. The smallest absolute Gasteiger partial charge is 0.140 e. The number of hydrogen-bond acceptors (Lipinski definition) is 4. The molecule has 0 N–H and O–H groups in total. The number of nitrogens with zero attached hydrogens (tertiary/aromatic N) is 3. The summed E-state index contributed by atoms with van der Waals surface area (Å²) in [6, 6.07) is 22.7. The highest BCUT2D eigenvalue weighted by Gasteiger charge is 2.34. The van der Waals surface area contributed by atoms with Crippen molar-refractivity contribution < 1.29 is 13.9 Å². The summed E-state index contributed by atoms with van der Waals surface area (Å²) in [4.78, 5) is 2.35. The second kappa shape index (κ2) is 10.3. The second-order valence-electron chi connectivity index (χ2n) is 8.75. The topological polar surface area (TPSA) is 39.5 Å². The molecule has 0 radical (unpaired) electrons. The van der Waals surface area contributed by atoms with Gasteiger partial charge in [0, 0.05) is 34.9 Å². The summed E-state index contributed by atoms with van der Waals surface area (Å²) in [6.45, 7) is 3.76. The number of halogens is 2. The first kappa shape index (κ1) is 23.7. The van der Waals surface area contributed by atoms with Crippen LogP contribution in [0.3, 0.4) is 0 Å². The summed E-state index contributed by atoms with van der Waals surface area (Å²) >= 11 is 3.50. The van der Waals surface area contributed by atoms with Crippen molar-refractivity contribution in [1.29, 1.82) is 0 Å². The van der Waals surface area contributed by atoms with Crippen molar-refractivity contribution >= 4 is 15.9 Å². The first-order valence-electron chi connectivity index (χ1n) is 11.6. The molecule has 0 aliphatic carbocycles. The molecule has 3 aromatic carbocycles. The van der Waals surface area contributed by atoms with Gasteiger partial charge in [-0.1, -0.05) is 28.1 Å². The van der Waals surface area contributed by atoms with Gasteiger partial charge in [-0.3, -0.25) is 4.90 Å². The number of hydrogen-bond donors (Lipinski definition) is 0. The molecule has 1 fully saturated rings. The SMILES string of the molecule is COc1ccc(CCN2C[C@H](C)O[C@H]2c2cn(-c3ccc(Br)cc3)nc2-c2ccc(F)cc2)cc1. The van der Waals surface area contributed by atoms with Crippen LogP contribution in [0.2, 0.25) is 0 Å². The van der Waals surface area contributed by atoms with Gasteiger partial charge >= 0.3 is 0 Å². The molecule has 0 saturated carbocycles. The van der Waals surface area contributed by atoms with Crippen LogP contribution in [0.1, 0.15) is 24.3 Å². The fourth-order valence-electron chi connectivity index (χ4n) is 4.44. The Bertz CT molecular complexity index is 1270. The molecule has 1 aromatic heterocycles. The van der Waals surface area contributed by atoms with E-state index >= 15 is 0 Å². The molecule has 5 rings (SSSR count). The zero-order valence-electron chi connectivity index (χ0n) is 19.7. The van der Waals surface area contributed by atoms with Crippen LogP contribution in [0.5, 0.6) is 5.75 Å². The molecule has 7 heteroatoms. The number of aromatic nitrogens is 2. The van der Waals surface area contributed by atoms with Gasteiger partial charge in [-0.15, -0.1) is 0 Å². The lowest BCUT2D eigenvalue weighted by Crippen LogP contribution is -2.27. The van der Waals surface area contributed by atoms with E-state index in [0.29, 0.717) is 0 Å². The predicted octanol–water partition coefficient (Wildman–Crippen LogP) is 6.41. The Morgan fingerprint density at radius 2 is 1.74 bits per heavy atom. The molecule has 180 valence electrons. The Hall–Kier alpha value is -3.00. The average molecular weight is 536 g/mol. The van der Waals surface area contributed by atoms with Gasteiger partial charge in [0.25, 0.3) is 0 Å². The van der Waals surface area contributed by atoms with Gasteiger partial charge in [-0.05, 0) is 79.6 Å². The molecule has 35 heavy (non-hydrogen) atoms. The molecule has 1 aliphatic heterocycles. The Morgan fingerprint density at radius 1 is 1.03 bits per heavy atom. The molecule has 1 aliphatic rings. The number of methoxy groups -OCH3 is 1. The van der Waals surface area contributed by atoms with Crippen LogP contribution >= 0.6 is 15.9 Å². The zero-order valence-corrected chi connectivity index (χ0v) is 21.3. The van der Waals surface area contributed by atoms with Gasteiger partial charge in [0.15, 0.2) is 0 Å². The Kier molecular flexibility index (Phi) is 7.00. The van der Waals surface area contributed by atoms with E-state index in [9.17, 15) is 4.39 Å². The molecule has 1 saturated heterocycles. The van der Waals surface area contributed by atoms with Crippen molar-refractivity contribution in [3.63, 3.8) is 0 Å². The number of benzene rings is 3. The van der Waals surface area contributed by atoms with Crippen molar-refractivity contribution in [3.8, 4) is 22.7 Å². The minimum atomic E-state index is -0.269. The highest BCUT2D eigenvalue weighted by atomic mass is 79.9. The van der Waals surface area contributed by atoms with Crippen LogP contribution in [0, 0.1) is 5.82 Å². The van der Waals surface area contributed by atoms with Crippen molar-refractivity contribution in [2.24, 2.45) is 0 Å². The van der Waals surface area contributed by atoms with E-state index in [1.165, 1.54) is 17.7 Å². The molecule has 5 nitrogen and oxygen atoms in total. The zero-order chi connectivity index (χ0) is 24.4. The Balaban J connectivity index is 1.47. The van der Waals surface area contributed by atoms with Crippen molar-refractivity contribution in [3.05, 3.63) is 100 Å². The van der Waals surface area contributed by atoms with Crippen LogP contribution in [-0.2, 0) is 11.2 Å². The van der Waals surface area contributed by atoms with Crippen LogP contribution in [0.4, 0.5) is 4.39 Å². The highest BCUT2D eigenvalue weighted by Crippen LogP contribution is 2.37. The van der Waals surface area contributed by atoms with Crippen molar-refractivity contribution in [1.82, 2.24) is 14.7 Å². The molecule has 4 aromatic rings. The molecule has 2 atom stereocenters. The summed E-state index contributed by atoms with van der Waals surface area (Å²) in [5.74, 6) is 0.587. The van der Waals surface area contributed by atoms with Crippen molar-refractivity contribution in [2.75, 3.05) is 20.2 Å². The maximum Gasteiger partial charge on any atom is 0.140 e. The normalized spacial score (nSPS) is 18.2. The summed E-state index contributed by atoms with van der Waals surface area (Å²) < 4.78 is 28.2. The fraction of sp³-hybridized carbons (Fsp3) is 0.250. The first-order chi connectivity index (χ1) is 17.0. The van der Waals surface area contributed by atoms with E-state index in [4.69, 9.17) is 14.6 Å². The van der Waals surface area contributed by atoms with Gasteiger partial charge in [0.1, 0.15) is 17.8 Å². The largest absolute Gasteiger partial charge is 0.497 e. The van der Waals surface area contributed by atoms with E-state index in [2.05, 4.69) is 39.9 Å². The minimum absolute atomic E-state index is 0.0907.